The zero-order valence-electron chi connectivity index (χ0n) is 14.2. The monoisotopic (exact) mass is 331 g/mol. The molecule has 2 aromatic rings. The number of carbonyl (C=O) groups is 1. The smallest absolute Gasteiger partial charge is 0.267 e. The highest BCUT2D eigenvalue weighted by Crippen LogP contribution is 2.25. The van der Waals surface area contributed by atoms with Crippen LogP contribution in [0.5, 0.6) is 5.75 Å². The molecule has 0 bridgehead atoms. The van der Waals surface area contributed by atoms with Crippen LogP contribution in [0, 0.1) is 20.8 Å². The first-order valence-corrected chi connectivity index (χ1v) is 7.91. The first-order chi connectivity index (χ1) is 10.7. The van der Waals surface area contributed by atoms with Gasteiger partial charge in [-0.05, 0) is 81.6 Å². The topological polar surface area (TPSA) is 38.3 Å². The van der Waals surface area contributed by atoms with E-state index < -0.39 is 5.60 Å². The molecule has 0 heterocycles. The van der Waals surface area contributed by atoms with Crippen LogP contribution in [0.15, 0.2) is 36.4 Å². The highest BCUT2D eigenvalue weighted by atomic mass is 35.5. The molecule has 0 spiro atoms. The van der Waals surface area contributed by atoms with Gasteiger partial charge in [-0.2, -0.15) is 0 Å². The van der Waals surface area contributed by atoms with Gasteiger partial charge >= 0.3 is 0 Å². The molecule has 0 fully saturated rings. The summed E-state index contributed by atoms with van der Waals surface area (Å²) in [6.07, 6.45) is 0. The third-order valence-electron chi connectivity index (χ3n) is 3.79. The van der Waals surface area contributed by atoms with Crippen molar-refractivity contribution in [3.63, 3.8) is 0 Å². The lowest BCUT2D eigenvalue weighted by Gasteiger charge is -2.26. The van der Waals surface area contributed by atoms with Crippen molar-refractivity contribution in [2.24, 2.45) is 0 Å². The summed E-state index contributed by atoms with van der Waals surface area (Å²) in [5.41, 5.74) is 3.14. The molecular formula is C19H22ClNO2. The number of hydrogen-bond donors (Lipinski definition) is 1. The standard InChI is InChI=1S/C19H22ClNO2/c1-12-10-13(2)14(3)17(11-12)21-18(22)19(4,5)23-16-8-6-15(20)7-9-16/h6-11H,1-5H3,(H,21,22). The van der Waals surface area contributed by atoms with Gasteiger partial charge in [0.15, 0.2) is 5.60 Å². The molecule has 0 radical (unpaired) electrons. The number of aryl methyl sites for hydroxylation is 2. The lowest BCUT2D eigenvalue weighted by molar-refractivity contribution is -0.128. The first-order valence-electron chi connectivity index (χ1n) is 7.53. The Bertz CT molecular complexity index is 721. The van der Waals surface area contributed by atoms with Crippen LogP contribution in [0.2, 0.25) is 5.02 Å². The third-order valence-corrected chi connectivity index (χ3v) is 4.05. The van der Waals surface area contributed by atoms with Crippen molar-refractivity contribution < 1.29 is 9.53 Å². The largest absolute Gasteiger partial charge is 0.478 e. The van der Waals surface area contributed by atoms with Crippen LogP contribution in [0.4, 0.5) is 5.69 Å². The number of halogens is 1. The Morgan fingerprint density at radius 3 is 2.30 bits per heavy atom. The van der Waals surface area contributed by atoms with Gasteiger partial charge in [-0.25, -0.2) is 0 Å². The Labute approximate surface area is 142 Å². The lowest BCUT2D eigenvalue weighted by Crippen LogP contribution is -2.42. The average Bonchev–Trinajstić information content (AvgIpc) is 2.46. The number of nitrogens with one attached hydrogen (secondary N) is 1. The summed E-state index contributed by atoms with van der Waals surface area (Å²) in [5, 5.41) is 3.60. The van der Waals surface area contributed by atoms with Gasteiger partial charge in [-0.1, -0.05) is 17.7 Å². The van der Waals surface area contributed by atoms with E-state index >= 15 is 0 Å². The van der Waals surface area contributed by atoms with Crippen molar-refractivity contribution in [1.82, 2.24) is 0 Å². The third kappa shape index (κ3) is 4.26. The summed E-state index contributed by atoms with van der Waals surface area (Å²) in [7, 11) is 0. The van der Waals surface area contributed by atoms with Crippen molar-refractivity contribution in [1.29, 1.82) is 0 Å². The molecule has 2 aromatic carbocycles. The minimum Gasteiger partial charge on any atom is -0.478 e. The highest BCUT2D eigenvalue weighted by Gasteiger charge is 2.30. The molecule has 23 heavy (non-hydrogen) atoms. The zero-order chi connectivity index (χ0) is 17.2. The maximum Gasteiger partial charge on any atom is 0.267 e. The van der Waals surface area contributed by atoms with E-state index in [-0.39, 0.29) is 5.91 Å². The van der Waals surface area contributed by atoms with Gasteiger partial charge in [0.05, 0.1) is 0 Å². The minimum absolute atomic E-state index is 0.194. The molecule has 122 valence electrons. The van der Waals surface area contributed by atoms with E-state index in [1.807, 2.05) is 26.8 Å². The van der Waals surface area contributed by atoms with Crippen LogP contribution in [0.25, 0.3) is 0 Å². The second-order valence-corrected chi connectivity index (χ2v) is 6.71. The fraction of sp³-hybridized carbons (Fsp3) is 0.316. The molecule has 0 aliphatic heterocycles. The van der Waals surface area contributed by atoms with Crippen LogP contribution >= 0.6 is 11.6 Å². The molecule has 3 nitrogen and oxygen atoms in total. The van der Waals surface area contributed by atoms with Gasteiger partial charge in [0.25, 0.3) is 5.91 Å². The van der Waals surface area contributed by atoms with Crippen LogP contribution in [-0.2, 0) is 4.79 Å². The van der Waals surface area contributed by atoms with E-state index in [1.165, 1.54) is 0 Å². The van der Waals surface area contributed by atoms with Crippen molar-refractivity contribution in [3.05, 3.63) is 58.1 Å². The minimum atomic E-state index is -1.00. The fourth-order valence-electron chi connectivity index (χ4n) is 2.29. The maximum atomic E-state index is 12.6. The SMILES string of the molecule is Cc1cc(C)c(C)c(NC(=O)C(C)(C)Oc2ccc(Cl)cc2)c1. The molecule has 1 amide bonds. The number of benzene rings is 2. The van der Waals surface area contributed by atoms with Crippen molar-refractivity contribution in [2.45, 2.75) is 40.2 Å². The van der Waals surface area contributed by atoms with Crippen LogP contribution in [-0.4, -0.2) is 11.5 Å². The van der Waals surface area contributed by atoms with Crippen LogP contribution < -0.4 is 10.1 Å². The van der Waals surface area contributed by atoms with E-state index in [0.29, 0.717) is 10.8 Å². The molecule has 0 unspecified atom stereocenters. The molecular weight excluding hydrogens is 310 g/mol. The molecule has 4 heteroatoms. The Morgan fingerprint density at radius 1 is 1.09 bits per heavy atom. The van der Waals surface area contributed by atoms with Crippen molar-refractivity contribution in [3.8, 4) is 5.75 Å². The predicted molar refractivity (Wildman–Crippen MR) is 95.4 cm³/mol. The molecule has 0 aromatic heterocycles. The summed E-state index contributed by atoms with van der Waals surface area (Å²) >= 11 is 5.86. The second kappa shape index (κ2) is 6.63. The van der Waals surface area contributed by atoms with Gasteiger partial charge in [-0.3, -0.25) is 4.79 Å². The number of carbonyl (C=O) groups excluding carboxylic acids is 1. The molecule has 0 atom stereocenters. The Kier molecular flexibility index (Phi) is 5.00. The van der Waals surface area contributed by atoms with Gasteiger partial charge < -0.3 is 10.1 Å². The molecule has 0 aliphatic carbocycles. The Hall–Kier alpha value is -2.00. The predicted octanol–water partition coefficient (Wildman–Crippen LogP) is 5.06. The van der Waals surface area contributed by atoms with Crippen molar-refractivity contribution >= 4 is 23.2 Å². The molecule has 2 rings (SSSR count). The summed E-state index contributed by atoms with van der Waals surface area (Å²) in [6.45, 7) is 9.53. The van der Waals surface area contributed by atoms with E-state index in [0.717, 1.165) is 22.4 Å². The number of anilines is 1. The Balaban J connectivity index is 2.17. The second-order valence-electron chi connectivity index (χ2n) is 6.27. The zero-order valence-corrected chi connectivity index (χ0v) is 14.9. The summed E-state index contributed by atoms with van der Waals surface area (Å²) < 4.78 is 5.82. The Morgan fingerprint density at radius 2 is 1.70 bits per heavy atom. The van der Waals surface area contributed by atoms with Crippen molar-refractivity contribution in [2.75, 3.05) is 5.32 Å². The first kappa shape index (κ1) is 17.4. The number of rotatable bonds is 4. The van der Waals surface area contributed by atoms with Gasteiger partial charge in [0, 0.05) is 10.7 Å². The van der Waals surface area contributed by atoms with E-state index in [1.54, 1.807) is 38.1 Å². The number of ether oxygens (including phenoxy) is 1. The van der Waals surface area contributed by atoms with E-state index in [9.17, 15) is 4.79 Å². The molecule has 1 N–H and O–H groups in total. The summed E-state index contributed by atoms with van der Waals surface area (Å²) in [6, 6.07) is 11.0. The number of hydrogen-bond acceptors (Lipinski definition) is 2. The molecule has 0 saturated heterocycles. The van der Waals surface area contributed by atoms with Gasteiger partial charge in [0.1, 0.15) is 5.75 Å². The normalized spacial score (nSPS) is 11.2. The molecule has 0 aliphatic rings. The maximum absolute atomic E-state index is 12.6. The van der Waals surface area contributed by atoms with Crippen LogP contribution in [0.1, 0.15) is 30.5 Å². The van der Waals surface area contributed by atoms with E-state index in [4.69, 9.17) is 16.3 Å². The average molecular weight is 332 g/mol. The summed E-state index contributed by atoms with van der Waals surface area (Å²) in [4.78, 5) is 12.6. The van der Waals surface area contributed by atoms with Gasteiger partial charge in [-0.15, -0.1) is 0 Å². The molecule has 0 saturated carbocycles. The lowest BCUT2D eigenvalue weighted by atomic mass is 10.0. The van der Waals surface area contributed by atoms with Gasteiger partial charge in [0.2, 0.25) is 0 Å². The fourth-order valence-corrected chi connectivity index (χ4v) is 2.41. The van der Waals surface area contributed by atoms with Crippen LogP contribution in [0.3, 0.4) is 0 Å². The highest BCUT2D eigenvalue weighted by molar-refractivity contribution is 6.30. The van der Waals surface area contributed by atoms with E-state index in [2.05, 4.69) is 11.4 Å². The quantitative estimate of drug-likeness (QED) is 0.850. The number of amides is 1. The summed E-state index contributed by atoms with van der Waals surface area (Å²) in [5.74, 6) is 0.409.